The highest BCUT2D eigenvalue weighted by Crippen LogP contribution is 2.28. The zero-order valence-corrected chi connectivity index (χ0v) is 17.1. The minimum atomic E-state index is -0.199. The van der Waals surface area contributed by atoms with Crippen LogP contribution < -0.4 is 10.1 Å². The van der Waals surface area contributed by atoms with Gasteiger partial charge >= 0.3 is 0 Å². The number of oxazole rings is 1. The van der Waals surface area contributed by atoms with Gasteiger partial charge in [-0.05, 0) is 61.9 Å². The van der Waals surface area contributed by atoms with Crippen molar-refractivity contribution in [2.45, 2.75) is 13.8 Å². The minimum Gasteiger partial charge on any atom is -0.497 e. The van der Waals surface area contributed by atoms with Crippen molar-refractivity contribution in [1.82, 2.24) is 4.98 Å². The van der Waals surface area contributed by atoms with Crippen LogP contribution in [-0.2, 0) is 0 Å². The average Bonchev–Trinajstić information content (AvgIpc) is 3.24. The first kappa shape index (κ1) is 19.5. The van der Waals surface area contributed by atoms with Crippen LogP contribution in [0.1, 0.15) is 21.5 Å². The summed E-state index contributed by atoms with van der Waals surface area (Å²) in [7, 11) is 1.57. The fourth-order valence-electron chi connectivity index (χ4n) is 3.29. The second kappa shape index (κ2) is 8.25. The lowest BCUT2D eigenvalue weighted by Gasteiger charge is -2.07. The lowest BCUT2D eigenvalue weighted by molar-refractivity contribution is 0.102. The molecule has 0 fully saturated rings. The van der Waals surface area contributed by atoms with Crippen molar-refractivity contribution in [3.05, 3.63) is 89.7 Å². The van der Waals surface area contributed by atoms with Crippen molar-refractivity contribution < 1.29 is 13.9 Å². The number of methoxy groups -OCH3 is 1. The van der Waals surface area contributed by atoms with E-state index in [0.29, 0.717) is 22.9 Å². The van der Waals surface area contributed by atoms with E-state index in [2.05, 4.69) is 42.3 Å². The fourth-order valence-corrected chi connectivity index (χ4v) is 3.29. The number of hydrogen-bond acceptors (Lipinski definition) is 4. The van der Waals surface area contributed by atoms with Gasteiger partial charge < -0.3 is 14.5 Å². The van der Waals surface area contributed by atoms with Gasteiger partial charge in [-0.2, -0.15) is 0 Å². The molecular weight excluding hydrogens is 376 g/mol. The summed E-state index contributed by atoms with van der Waals surface area (Å²) in [5, 5.41) is 2.89. The molecule has 5 heteroatoms. The smallest absolute Gasteiger partial charge is 0.255 e. The van der Waals surface area contributed by atoms with Crippen LogP contribution >= 0.6 is 0 Å². The van der Waals surface area contributed by atoms with E-state index in [1.807, 2.05) is 24.3 Å². The van der Waals surface area contributed by atoms with Crippen LogP contribution in [0, 0.1) is 13.8 Å². The number of nitrogens with one attached hydrogen (secondary N) is 1. The highest BCUT2D eigenvalue weighted by atomic mass is 16.5. The summed E-state index contributed by atoms with van der Waals surface area (Å²) in [6.07, 6.45) is 1.67. The van der Waals surface area contributed by atoms with Crippen molar-refractivity contribution in [3.8, 4) is 28.5 Å². The van der Waals surface area contributed by atoms with Crippen molar-refractivity contribution in [1.29, 1.82) is 0 Å². The molecule has 150 valence electrons. The predicted molar refractivity (Wildman–Crippen MR) is 118 cm³/mol. The fraction of sp³-hybridized carbons (Fsp3) is 0.120. The van der Waals surface area contributed by atoms with Gasteiger partial charge in [-0.3, -0.25) is 4.79 Å². The maximum absolute atomic E-state index is 12.5. The summed E-state index contributed by atoms with van der Waals surface area (Å²) in [4.78, 5) is 17.1. The second-order valence-corrected chi connectivity index (χ2v) is 7.12. The molecule has 4 rings (SSSR count). The molecule has 5 nitrogen and oxygen atoms in total. The molecule has 0 atom stereocenters. The molecule has 1 N–H and O–H groups in total. The van der Waals surface area contributed by atoms with Crippen molar-refractivity contribution >= 4 is 11.6 Å². The molecule has 0 bridgehead atoms. The molecule has 0 saturated carbocycles. The molecule has 1 amide bonds. The number of amides is 1. The van der Waals surface area contributed by atoms with E-state index in [9.17, 15) is 4.79 Å². The molecule has 0 unspecified atom stereocenters. The number of ether oxygens (including phenoxy) is 1. The standard InChI is InChI=1S/C25H22N2O3/c1-16-7-12-22(17(2)13-16)23-15-30-25(27-23)18-8-10-20(11-9-18)26-24(28)19-5-4-6-21(14-19)29-3/h4-15H,1-3H3,(H,26,28). The number of aryl methyl sites for hydroxylation is 2. The molecule has 30 heavy (non-hydrogen) atoms. The average molecular weight is 398 g/mol. The monoisotopic (exact) mass is 398 g/mol. The molecule has 0 aliphatic carbocycles. The van der Waals surface area contributed by atoms with E-state index < -0.39 is 0 Å². The molecular formula is C25H22N2O3. The summed E-state index contributed by atoms with van der Waals surface area (Å²) in [5.74, 6) is 0.979. The first-order chi connectivity index (χ1) is 14.5. The van der Waals surface area contributed by atoms with E-state index in [4.69, 9.17) is 9.15 Å². The van der Waals surface area contributed by atoms with Crippen molar-refractivity contribution in [3.63, 3.8) is 0 Å². The number of nitrogens with zero attached hydrogens (tertiary/aromatic N) is 1. The number of aromatic nitrogens is 1. The van der Waals surface area contributed by atoms with Crippen LogP contribution in [0.2, 0.25) is 0 Å². The molecule has 0 aliphatic rings. The number of rotatable bonds is 5. The van der Waals surface area contributed by atoms with Crippen LogP contribution in [0.3, 0.4) is 0 Å². The first-order valence-corrected chi connectivity index (χ1v) is 9.62. The maximum Gasteiger partial charge on any atom is 0.255 e. The summed E-state index contributed by atoms with van der Waals surface area (Å²) in [6, 6.07) is 20.7. The number of anilines is 1. The van der Waals surface area contributed by atoms with Gasteiger partial charge in [0.2, 0.25) is 5.89 Å². The van der Waals surface area contributed by atoms with E-state index in [1.165, 1.54) is 5.56 Å². The Balaban J connectivity index is 1.50. The topological polar surface area (TPSA) is 64.4 Å². The summed E-state index contributed by atoms with van der Waals surface area (Å²) in [6.45, 7) is 4.14. The van der Waals surface area contributed by atoms with Crippen LogP contribution in [0.4, 0.5) is 5.69 Å². The molecule has 4 aromatic rings. The largest absolute Gasteiger partial charge is 0.497 e. The van der Waals surface area contributed by atoms with E-state index in [0.717, 1.165) is 22.4 Å². The number of carbonyl (C=O) groups excluding carboxylic acids is 1. The Morgan fingerprint density at radius 1 is 1.00 bits per heavy atom. The Labute approximate surface area is 175 Å². The SMILES string of the molecule is COc1cccc(C(=O)Nc2ccc(-c3nc(-c4ccc(C)cc4C)co3)cc2)c1. The Morgan fingerprint density at radius 3 is 2.53 bits per heavy atom. The number of carbonyl (C=O) groups is 1. The van der Waals surface area contributed by atoms with Crippen molar-refractivity contribution in [2.75, 3.05) is 12.4 Å². The van der Waals surface area contributed by atoms with Gasteiger partial charge in [0, 0.05) is 22.4 Å². The molecule has 0 aliphatic heterocycles. The van der Waals surface area contributed by atoms with Gasteiger partial charge in [-0.1, -0.05) is 29.8 Å². The molecule has 1 heterocycles. The number of benzene rings is 3. The van der Waals surface area contributed by atoms with E-state index in [-0.39, 0.29) is 5.91 Å². The van der Waals surface area contributed by atoms with E-state index >= 15 is 0 Å². The molecule has 0 spiro atoms. The van der Waals surface area contributed by atoms with Crippen LogP contribution in [0.5, 0.6) is 5.75 Å². The quantitative estimate of drug-likeness (QED) is 0.455. The molecule has 0 radical (unpaired) electrons. The van der Waals surface area contributed by atoms with Gasteiger partial charge in [-0.15, -0.1) is 0 Å². The van der Waals surface area contributed by atoms with Crippen LogP contribution in [-0.4, -0.2) is 18.0 Å². The van der Waals surface area contributed by atoms with Gasteiger partial charge in [0.1, 0.15) is 17.7 Å². The highest BCUT2D eigenvalue weighted by molar-refractivity contribution is 6.04. The second-order valence-electron chi connectivity index (χ2n) is 7.12. The third-order valence-corrected chi connectivity index (χ3v) is 4.88. The van der Waals surface area contributed by atoms with Gasteiger partial charge in [0.05, 0.1) is 7.11 Å². The van der Waals surface area contributed by atoms with Gasteiger partial charge in [0.15, 0.2) is 0 Å². The van der Waals surface area contributed by atoms with Gasteiger partial charge in [0.25, 0.3) is 5.91 Å². The lowest BCUT2D eigenvalue weighted by atomic mass is 10.0. The van der Waals surface area contributed by atoms with Gasteiger partial charge in [-0.25, -0.2) is 4.98 Å². The van der Waals surface area contributed by atoms with Crippen LogP contribution in [0.15, 0.2) is 77.4 Å². The lowest BCUT2D eigenvalue weighted by Crippen LogP contribution is -2.11. The Hall–Kier alpha value is -3.86. The van der Waals surface area contributed by atoms with Crippen molar-refractivity contribution in [2.24, 2.45) is 0 Å². The predicted octanol–water partition coefficient (Wildman–Crippen LogP) is 5.89. The van der Waals surface area contributed by atoms with Crippen LogP contribution in [0.25, 0.3) is 22.7 Å². The molecule has 3 aromatic carbocycles. The number of hydrogen-bond donors (Lipinski definition) is 1. The Morgan fingerprint density at radius 2 is 1.80 bits per heavy atom. The first-order valence-electron chi connectivity index (χ1n) is 9.62. The highest BCUT2D eigenvalue weighted by Gasteiger charge is 2.12. The Bertz CT molecular complexity index is 1190. The minimum absolute atomic E-state index is 0.199. The summed E-state index contributed by atoms with van der Waals surface area (Å²) in [5.41, 5.74) is 6.29. The maximum atomic E-state index is 12.5. The summed E-state index contributed by atoms with van der Waals surface area (Å²) < 4.78 is 10.9. The molecule has 0 saturated heterocycles. The Kier molecular flexibility index (Phi) is 5.35. The third kappa shape index (κ3) is 4.10. The zero-order chi connectivity index (χ0) is 21.1. The third-order valence-electron chi connectivity index (χ3n) is 4.88. The zero-order valence-electron chi connectivity index (χ0n) is 17.1. The van der Waals surface area contributed by atoms with E-state index in [1.54, 1.807) is 37.6 Å². The molecule has 1 aromatic heterocycles. The summed E-state index contributed by atoms with van der Waals surface area (Å²) >= 11 is 0. The normalized spacial score (nSPS) is 10.6.